The Morgan fingerprint density at radius 1 is 1.24 bits per heavy atom. The van der Waals surface area contributed by atoms with Crippen LogP contribution in [0.5, 0.6) is 0 Å². The Bertz CT molecular complexity index is 370. The van der Waals surface area contributed by atoms with Crippen LogP contribution >= 0.6 is 0 Å². The van der Waals surface area contributed by atoms with Gasteiger partial charge >= 0.3 is 8.80 Å². The lowest BCUT2D eigenvalue weighted by molar-refractivity contribution is 0.150. The van der Waals surface area contributed by atoms with E-state index in [0.29, 0.717) is 24.4 Å². The second-order valence-corrected chi connectivity index (χ2v) is 6.45. The van der Waals surface area contributed by atoms with Crippen molar-refractivity contribution < 1.29 is 22.4 Å². The molecule has 0 radical (unpaired) electrons. The highest BCUT2D eigenvalue weighted by atomic mass is 28.4. The van der Waals surface area contributed by atoms with E-state index >= 15 is 0 Å². The van der Waals surface area contributed by atoms with E-state index in [-0.39, 0.29) is 0 Å². The monoisotopic (exact) mass is 262 g/mol. The van der Waals surface area contributed by atoms with E-state index in [1.54, 1.807) is 0 Å². The first-order chi connectivity index (χ1) is 8.00. The van der Waals surface area contributed by atoms with Crippen LogP contribution in [0.4, 0.5) is 8.78 Å². The van der Waals surface area contributed by atoms with Gasteiger partial charge in [-0.3, -0.25) is 0 Å². The predicted octanol–water partition coefficient (Wildman–Crippen LogP) is 2.12. The Labute approximate surface area is 100 Å². The molecule has 96 valence electrons. The third-order valence-corrected chi connectivity index (χ3v) is 4.85. The van der Waals surface area contributed by atoms with Gasteiger partial charge in [0.05, 0.1) is 0 Å². The van der Waals surface area contributed by atoms with Crippen molar-refractivity contribution in [1.29, 1.82) is 0 Å². The molecule has 17 heavy (non-hydrogen) atoms. The lowest BCUT2D eigenvalue weighted by atomic mass is 10.1. The molecule has 0 aliphatic heterocycles. The number of rotatable bonds is 6. The molecule has 6 heteroatoms. The van der Waals surface area contributed by atoms with Crippen molar-refractivity contribution in [2.24, 2.45) is 0 Å². The second-order valence-electron chi connectivity index (χ2n) is 3.71. The van der Waals surface area contributed by atoms with Crippen molar-refractivity contribution in [2.75, 3.05) is 14.2 Å². The van der Waals surface area contributed by atoms with Gasteiger partial charge in [0.2, 0.25) is 0 Å². The Kier molecular flexibility index (Phi) is 5.19. The van der Waals surface area contributed by atoms with Crippen LogP contribution in [0.3, 0.4) is 0 Å². The van der Waals surface area contributed by atoms with Crippen LogP contribution in [-0.2, 0) is 15.3 Å². The molecule has 0 amide bonds. The highest BCUT2D eigenvalue weighted by molar-refractivity contribution is 6.59. The van der Waals surface area contributed by atoms with Crippen molar-refractivity contribution in [3.8, 4) is 0 Å². The maximum atomic E-state index is 13.3. The summed E-state index contributed by atoms with van der Waals surface area (Å²) >= 11 is 0. The molecule has 0 aliphatic carbocycles. The summed E-state index contributed by atoms with van der Waals surface area (Å²) in [7, 11) is -0.310. The fourth-order valence-electron chi connectivity index (χ4n) is 1.51. The molecule has 0 aliphatic rings. The molecule has 0 saturated heterocycles. The zero-order valence-electron chi connectivity index (χ0n) is 9.87. The third-order valence-electron chi connectivity index (χ3n) is 2.59. The molecule has 0 unspecified atom stereocenters. The number of halogens is 2. The second kappa shape index (κ2) is 6.20. The number of hydrogen-bond donors (Lipinski definition) is 1. The van der Waals surface area contributed by atoms with Crippen molar-refractivity contribution in [2.45, 2.75) is 18.9 Å². The number of hydrogen-bond acceptors (Lipinski definition) is 3. The van der Waals surface area contributed by atoms with Gasteiger partial charge in [-0.15, -0.1) is 0 Å². The fraction of sp³-hybridized carbons (Fsp3) is 0.455. The molecule has 0 aromatic heterocycles. The number of benzene rings is 1. The first kappa shape index (κ1) is 14.2. The molecule has 0 heterocycles. The van der Waals surface area contributed by atoms with Crippen LogP contribution in [0, 0.1) is 11.6 Å². The average molecular weight is 262 g/mol. The van der Waals surface area contributed by atoms with Gasteiger partial charge in [0.1, 0.15) is 11.6 Å². The van der Waals surface area contributed by atoms with Gasteiger partial charge in [0.15, 0.2) is 0 Å². The Hall–Kier alpha value is -0.823. The molecular weight excluding hydrogens is 246 g/mol. The van der Waals surface area contributed by atoms with E-state index in [4.69, 9.17) is 8.85 Å². The van der Waals surface area contributed by atoms with Crippen LogP contribution in [0.2, 0.25) is 6.04 Å². The van der Waals surface area contributed by atoms with Crippen LogP contribution in [0.1, 0.15) is 12.0 Å². The summed E-state index contributed by atoms with van der Waals surface area (Å²) in [6.07, 6.45) is 0.932. The SMILES string of the molecule is CO[Si](O)(CCCc1ccc(F)cc1F)OC. The molecule has 1 rings (SSSR count). The summed E-state index contributed by atoms with van der Waals surface area (Å²) in [6, 6.07) is 3.82. The minimum atomic E-state index is -3.08. The summed E-state index contributed by atoms with van der Waals surface area (Å²) in [4.78, 5) is 9.76. The van der Waals surface area contributed by atoms with Gasteiger partial charge in [0.25, 0.3) is 0 Å². The van der Waals surface area contributed by atoms with E-state index in [2.05, 4.69) is 0 Å². The minimum absolute atomic E-state index is 0.344. The highest BCUT2D eigenvalue weighted by Gasteiger charge is 2.33. The van der Waals surface area contributed by atoms with Crippen molar-refractivity contribution in [1.82, 2.24) is 0 Å². The smallest absolute Gasteiger partial charge is 0.390 e. The number of aryl methyl sites for hydroxylation is 1. The summed E-state index contributed by atoms with van der Waals surface area (Å²) in [5.74, 6) is -1.16. The molecule has 1 aromatic carbocycles. The van der Waals surface area contributed by atoms with E-state index in [1.807, 2.05) is 0 Å². The van der Waals surface area contributed by atoms with Gasteiger partial charge in [0, 0.05) is 26.3 Å². The molecule has 1 N–H and O–H groups in total. The molecule has 0 fully saturated rings. The van der Waals surface area contributed by atoms with Crippen LogP contribution < -0.4 is 0 Å². The minimum Gasteiger partial charge on any atom is -0.390 e. The summed E-state index contributed by atoms with van der Waals surface area (Å²) < 4.78 is 35.7. The van der Waals surface area contributed by atoms with Crippen molar-refractivity contribution in [3.05, 3.63) is 35.4 Å². The van der Waals surface area contributed by atoms with Crippen LogP contribution in [0.15, 0.2) is 18.2 Å². The quantitative estimate of drug-likeness (QED) is 0.798. The molecule has 3 nitrogen and oxygen atoms in total. The van der Waals surface area contributed by atoms with Gasteiger partial charge in [-0.05, 0) is 24.5 Å². The highest BCUT2D eigenvalue weighted by Crippen LogP contribution is 2.16. The van der Waals surface area contributed by atoms with Crippen molar-refractivity contribution >= 4 is 8.80 Å². The lowest BCUT2D eigenvalue weighted by Crippen LogP contribution is -2.40. The third kappa shape index (κ3) is 4.16. The van der Waals surface area contributed by atoms with Crippen LogP contribution in [0.25, 0.3) is 0 Å². The molecular formula is C11H16F2O3Si. The maximum absolute atomic E-state index is 13.3. The fourth-order valence-corrected chi connectivity index (χ4v) is 2.71. The molecule has 1 aromatic rings. The van der Waals surface area contributed by atoms with Crippen molar-refractivity contribution in [3.63, 3.8) is 0 Å². The van der Waals surface area contributed by atoms with Gasteiger partial charge in [-0.1, -0.05) is 6.07 Å². The molecule has 0 spiro atoms. The van der Waals surface area contributed by atoms with E-state index in [0.717, 1.165) is 6.07 Å². The predicted molar refractivity (Wildman–Crippen MR) is 61.5 cm³/mol. The Morgan fingerprint density at radius 3 is 2.41 bits per heavy atom. The van der Waals surface area contributed by atoms with Crippen LogP contribution in [-0.4, -0.2) is 27.8 Å². The van der Waals surface area contributed by atoms with Gasteiger partial charge in [-0.25, -0.2) is 8.78 Å². The molecule has 0 saturated carbocycles. The summed E-state index contributed by atoms with van der Waals surface area (Å²) in [5, 5.41) is 0. The zero-order chi connectivity index (χ0) is 12.9. The first-order valence-corrected chi connectivity index (χ1v) is 7.24. The largest absolute Gasteiger partial charge is 0.497 e. The lowest BCUT2D eigenvalue weighted by Gasteiger charge is -2.19. The standard InChI is InChI=1S/C11H16F2O3Si/c1-15-17(14,16-2)7-3-4-9-5-6-10(12)8-11(9)13/h5-6,8,14H,3-4,7H2,1-2H3. The normalized spacial score (nSPS) is 11.8. The molecule has 0 bridgehead atoms. The van der Waals surface area contributed by atoms with Gasteiger partial charge in [-0.2, -0.15) is 0 Å². The van der Waals surface area contributed by atoms with E-state index in [9.17, 15) is 13.6 Å². The van der Waals surface area contributed by atoms with E-state index < -0.39 is 20.4 Å². The Balaban J connectivity index is 2.51. The zero-order valence-corrected chi connectivity index (χ0v) is 10.9. The maximum Gasteiger partial charge on any atom is 0.497 e. The summed E-state index contributed by atoms with van der Waals surface area (Å²) in [6.45, 7) is 0. The Morgan fingerprint density at radius 2 is 1.88 bits per heavy atom. The first-order valence-electron chi connectivity index (χ1n) is 5.27. The van der Waals surface area contributed by atoms with E-state index in [1.165, 1.54) is 26.4 Å². The average Bonchev–Trinajstić information content (AvgIpc) is 2.32. The van der Waals surface area contributed by atoms with Gasteiger partial charge < -0.3 is 13.6 Å². The molecule has 0 atom stereocenters. The topological polar surface area (TPSA) is 38.7 Å². The summed E-state index contributed by atoms with van der Waals surface area (Å²) in [5.41, 5.74) is 0.426.